The fourth-order valence-corrected chi connectivity index (χ4v) is 2.82. The van der Waals surface area contributed by atoms with Crippen LogP contribution in [0.15, 0.2) is 30.3 Å². The van der Waals surface area contributed by atoms with E-state index in [1.54, 1.807) is 13.2 Å². The molecule has 0 radical (unpaired) electrons. The van der Waals surface area contributed by atoms with Crippen LogP contribution in [0.3, 0.4) is 0 Å². The largest absolute Gasteiger partial charge is 0.496 e. The van der Waals surface area contributed by atoms with Crippen molar-refractivity contribution in [1.82, 2.24) is 5.32 Å². The Hall–Kier alpha value is -1.81. The standard InChI is InChI=1S/C17H23NO3/c1-21-15-8-4-3-7-14(15)9-10-16(20)18-17(13-19)11-5-2-6-12-17/h3-4,7-10,19H,2,5-6,11-13H2,1H3,(H,18,20). The van der Waals surface area contributed by atoms with Crippen molar-refractivity contribution in [3.8, 4) is 5.75 Å². The van der Waals surface area contributed by atoms with E-state index in [2.05, 4.69) is 5.32 Å². The van der Waals surface area contributed by atoms with Crippen molar-refractivity contribution in [1.29, 1.82) is 0 Å². The zero-order valence-corrected chi connectivity index (χ0v) is 12.5. The molecule has 2 rings (SSSR count). The maximum absolute atomic E-state index is 12.1. The third kappa shape index (κ3) is 4.08. The zero-order valence-electron chi connectivity index (χ0n) is 12.5. The lowest BCUT2D eigenvalue weighted by Crippen LogP contribution is -2.52. The molecule has 1 aliphatic rings. The lowest BCUT2D eigenvalue weighted by atomic mass is 9.82. The number of methoxy groups -OCH3 is 1. The van der Waals surface area contributed by atoms with Gasteiger partial charge in [-0.05, 0) is 25.0 Å². The number of carbonyl (C=O) groups is 1. The molecule has 114 valence electrons. The van der Waals surface area contributed by atoms with Gasteiger partial charge in [0.25, 0.3) is 0 Å². The molecule has 4 nitrogen and oxygen atoms in total. The summed E-state index contributed by atoms with van der Waals surface area (Å²) in [5.74, 6) is 0.563. The molecule has 1 fully saturated rings. The van der Waals surface area contributed by atoms with E-state index in [1.165, 1.54) is 12.5 Å². The lowest BCUT2D eigenvalue weighted by molar-refractivity contribution is -0.119. The van der Waals surface area contributed by atoms with Crippen molar-refractivity contribution in [2.75, 3.05) is 13.7 Å². The van der Waals surface area contributed by atoms with Gasteiger partial charge in [0.2, 0.25) is 5.91 Å². The first-order chi connectivity index (χ1) is 10.2. The highest BCUT2D eigenvalue weighted by molar-refractivity contribution is 5.92. The van der Waals surface area contributed by atoms with Gasteiger partial charge in [0.1, 0.15) is 5.75 Å². The molecular weight excluding hydrogens is 266 g/mol. The number of para-hydroxylation sites is 1. The van der Waals surface area contributed by atoms with E-state index in [9.17, 15) is 9.90 Å². The Kier molecular flexibility index (Phi) is 5.39. The van der Waals surface area contributed by atoms with E-state index in [1.807, 2.05) is 24.3 Å². The first kappa shape index (κ1) is 15.6. The van der Waals surface area contributed by atoms with Gasteiger partial charge in [-0.15, -0.1) is 0 Å². The molecule has 0 heterocycles. The predicted octanol–water partition coefficient (Wildman–Crippen LogP) is 2.52. The average Bonchev–Trinajstić information content (AvgIpc) is 2.54. The summed E-state index contributed by atoms with van der Waals surface area (Å²) in [6, 6.07) is 7.54. The highest BCUT2D eigenvalue weighted by atomic mass is 16.5. The Morgan fingerprint density at radius 2 is 2.05 bits per heavy atom. The van der Waals surface area contributed by atoms with Gasteiger partial charge in [0.05, 0.1) is 19.3 Å². The number of rotatable bonds is 5. The summed E-state index contributed by atoms with van der Waals surface area (Å²) >= 11 is 0. The average molecular weight is 289 g/mol. The second-order valence-electron chi connectivity index (χ2n) is 5.56. The maximum atomic E-state index is 12.1. The smallest absolute Gasteiger partial charge is 0.244 e. The molecule has 0 unspecified atom stereocenters. The maximum Gasteiger partial charge on any atom is 0.244 e. The van der Waals surface area contributed by atoms with Crippen molar-refractivity contribution in [3.63, 3.8) is 0 Å². The SMILES string of the molecule is COc1ccccc1C=CC(=O)NC1(CO)CCCCC1. The van der Waals surface area contributed by atoms with Crippen LogP contribution < -0.4 is 10.1 Å². The van der Waals surface area contributed by atoms with Crippen LogP contribution in [-0.2, 0) is 4.79 Å². The van der Waals surface area contributed by atoms with Gasteiger partial charge in [0, 0.05) is 11.6 Å². The topological polar surface area (TPSA) is 58.6 Å². The van der Waals surface area contributed by atoms with E-state index >= 15 is 0 Å². The van der Waals surface area contributed by atoms with Crippen molar-refractivity contribution in [2.45, 2.75) is 37.6 Å². The molecule has 1 aromatic rings. The summed E-state index contributed by atoms with van der Waals surface area (Å²) in [4.78, 5) is 12.1. The number of nitrogens with one attached hydrogen (secondary N) is 1. The molecule has 1 aromatic carbocycles. The minimum Gasteiger partial charge on any atom is -0.496 e. The number of carbonyl (C=O) groups excluding carboxylic acids is 1. The zero-order chi connectivity index (χ0) is 15.1. The summed E-state index contributed by atoms with van der Waals surface area (Å²) in [5.41, 5.74) is 0.414. The van der Waals surface area contributed by atoms with E-state index < -0.39 is 5.54 Å². The number of hydrogen-bond donors (Lipinski definition) is 2. The molecule has 2 N–H and O–H groups in total. The van der Waals surface area contributed by atoms with Crippen LogP contribution in [0.25, 0.3) is 6.08 Å². The fraction of sp³-hybridized carbons (Fsp3) is 0.471. The normalized spacial score (nSPS) is 17.6. The van der Waals surface area contributed by atoms with E-state index in [0.29, 0.717) is 0 Å². The van der Waals surface area contributed by atoms with Crippen LogP contribution in [0.2, 0.25) is 0 Å². The van der Waals surface area contributed by atoms with E-state index in [4.69, 9.17) is 4.74 Å². The predicted molar refractivity (Wildman–Crippen MR) is 83.1 cm³/mol. The minimum atomic E-state index is -0.444. The molecule has 0 saturated heterocycles. The molecule has 0 atom stereocenters. The molecule has 0 bridgehead atoms. The summed E-state index contributed by atoms with van der Waals surface area (Å²) < 4.78 is 5.25. The number of amides is 1. The van der Waals surface area contributed by atoms with Crippen molar-refractivity contribution in [3.05, 3.63) is 35.9 Å². The van der Waals surface area contributed by atoms with Crippen LogP contribution in [0.5, 0.6) is 5.75 Å². The monoisotopic (exact) mass is 289 g/mol. The Morgan fingerprint density at radius 1 is 1.33 bits per heavy atom. The minimum absolute atomic E-state index is 0.00123. The molecule has 4 heteroatoms. The Morgan fingerprint density at radius 3 is 2.71 bits per heavy atom. The summed E-state index contributed by atoms with van der Waals surface area (Å²) in [5, 5.41) is 12.6. The summed E-state index contributed by atoms with van der Waals surface area (Å²) in [7, 11) is 1.61. The quantitative estimate of drug-likeness (QED) is 0.819. The van der Waals surface area contributed by atoms with Crippen LogP contribution in [0.1, 0.15) is 37.7 Å². The molecule has 1 saturated carbocycles. The van der Waals surface area contributed by atoms with Gasteiger partial charge in [-0.3, -0.25) is 4.79 Å². The van der Waals surface area contributed by atoms with E-state index in [0.717, 1.165) is 37.0 Å². The van der Waals surface area contributed by atoms with Gasteiger partial charge < -0.3 is 15.2 Å². The molecule has 21 heavy (non-hydrogen) atoms. The van der Waals surface area contributed by atoms with Gasteiger partial charge in [0.15, 0.2) is 0 Å². The number of hydrogen-bond acceptors (Lipinski definition) is 3. The lowest BCUT2D eigenvalue weighted by Gasteiger charge is -2.36. The molecule has 1 amide bonds. The Balaban J connectivity index is 2.02. The fourth-order valence-electron chi connectivity index (χ4n) is 2.82. The van der Waals surface area contributed by atoms with Crippen LogP contribution >= 0.6 is 0 Å². The van der Waals surface area contributed by atoms with Gasteiger partial charge in [-0.25, -0.2) is 0 Å². The molecule has 0 aromatic heterocycles. The van der Waals surface area contributed by atoms with Crippen molar-refractivity contribution in [2.24, 2.45) is 0 Å². The van der Waals surface area contributed by atoms with Crippen molar-refractivity contribution < 1.29 is 14.6 Å². The third-order valence-corrected chi connectivity index (χ3v) is 4.05. The highest BCUT2D eigenvalue weighted by Crippen LogP contribution is 2.27. The number of aliphatic hydroxyl groups excluding tert-OH is 1. The molecular formula is C17H23NO3. The summed E-state index contributed by atoms with van der Waals surface area (Å²) in [6.07, 6.45) is 8.21. The van der Waals surface area contributed by atoms with Gasteiger partial charge in [-0.1, -0.05) is 37.5 Å². The molecule has 0 aliphatic heterocycles. The number of aliphatic hydroxyl groups is 1. The second-order valence-corrected chi connectivity index (χ2v) is 5.56. The summed E-state index contributed by atoms with van der Waals surface area (Å²) in [6.45, 7) is 0.00123. The molecule has 0 spiro atoms. The van der Waals surface area contributed by atoms with E-state index in [-0.39, 0.29) is 12.5 Å². The number of ether oxygens (including phenoxy) is 1. The first-order valence-corrected chi connectivity index (χ1v) is 7.43. The van der Waals surface area contributed by atoms with Crippen LogP contribution in [-0.4, -0.2) is 30.3 Å². The van der Waals surface area contributed by atoms with Crippen molar-refractivity contribution >= 4 is 12.0 Å². The second kappa shape index (κ2) is 7.27. The van der Waals surface area contributed by atoms with Gasteiger partial charge >= 0.3 is 0 Å². The highest BCUT2D eigenvalue weighted by Gasteiger charge is 2.32. The Bertz CT molecular complexity index is 505. The Labute approximate surface area is 125 Å². The third-order valence-electron chi connectivity index (χ3n) is 4.05. The molecule has 1 aliphatic carbocycles. The van der Waals surface area contributed by atoms with Crippen LogP contribution in [0.4, 0.5) is 0 Å². The van der Waals surface area contributed by atoms with Gasteiger partial charge in [-0.2, -0.15) is 0 Å². The van der Waals surface area contributed by atoms with Crippen LogP contribution in [0, 0.1) is 0 Å². The first-order valence-electron chi connectivity index (χ1n) is 7.43. The number of benzene rings is 1.